The number of carbonyl (C=O) groups excluding carboxylic acids is 1. The minimum absolute atomic E-state index is 0.0343. The monoisotopic (exact) mass is 484 g/mol. The Balaban J connectivity index is 1.66. The number of amides is 1. The molecule has 0 unspecified atom stereocenters. The highest BCUT2D eigenvalue weighted by Gasteiger charge is 2.31. The number of nitrogens with zero attached hydrogens (tertiary/aromatic N) is 2. The van der Waals surface area contributed by atoms with Gasteiger partial charge in [0.2, 0.25) is 15.9 Å². The van der Waals surface area contributed by atoms with Crippen LogP contribution in [0, 0.1) is 0 Å². The molecule has 0 aromatic heterocycles. The van der Waals surface area contributed by atoms with Crippen molar-refractivity contribution in [3.8, 4) is 11.5 Å². The molecule has 0 aliphatic carbocycles. The molecule has 0 spiro atoms. The Bertz CT molecular complexity index is 1100. The number of piperazine rings is 1. The van der Waals surface area contributed by atoms with E-state index < -0.39 is 10.0 Å². The summed E-state index contributed by atoms with van der Waals surface area (Å²) in [6, 6.07) is 9.62. The summed E-state index contributed by atoms with van der Waals surface area (Å²) in [4.78, 5) is 14.1. The van der Waals surface area contributed by atoms with Crippen LogP contribution in [0.2, 0.25) is 10.0 Å². The zero-order chi connectivity index (χ0) is 22.6. The molecule has 166 valence electrons. The van der Waals surface area contributed by atoms with Crippen molar-refractivity contribution in [3.63, 3.8) is 0 Å². The molecule has 0 saturated carbocycles. The van der Waals surface area contributed by atoms with Gasteiger partial charge in [0.1, 0.15) is 16.4 Å². The molecule has 0 radical (unpaired) electrons. The smallest absolute Gasteiger partial charge is 0.246 e. The molecule has 10 heteroatoms. The van der Waals surface area contributed by atoms with Gasteiger partial charge >= 0.3 is 0 Å². The van der Waals surface area contributed by atoms with Crippen molar-refractivity contribution in [2.45, 2.75) is 4.90 Å². The summed E-state index contributed by atoms with van der Waals surface area (Å²) in [5.41, 5.74) is 0.730. The van der Waals surface area contributed by atoms with E-state index in [4.69, 9.17) is 32.7 Å². The highest BCUT2D eigenvalue weighted by molar-refractivity contribution is 7.89. The van der Waals surface area contributed by atoms with Gasteiger partial charge in [-0.15, -0.1) is 0 Å². The van der Waals surface area contributed by atoms with Crippen LogP contribution in [0.3, 0.4) is 0 Å². The molecule has 1 saturated heterocycles. The van der Waals surface area contributed by atoms with Crippen molar-refractivity contribution in [1.82, 2.24) is 9.21 Å². The molecule has 0 atom stereocenters. The number of halogens is 2. The van der Waals surface area contributed by atoms with Crippen LogP contribution in [-0.4, -0.2) is 63.9 Å². The second-order valence-corrected chi connectivity index (χ2v) is 9.50. The van der Waals surface area contributed by atoms with E-state index in [-0.39, 0.29) is 47.0 Å². The molecular weight excluding hydrogens is 463 g/mol. The van der Waals surface area contributed by atoms with Gasteiger partial charge in [-0.2, -0.15) is 4.31 Å². The highest BCUT2D eigenvalue weighted by atomic mass is 35.5. The molecular formula is C21H22Cl2N2O5S. The fourth-order valence-electron chi connectivity index (χ4n) is 3.19. The maximum absolute atomic E-state index is 12.9. The maximum Gasteiger partial charge on any atom is 0.246 e. The normalized spacial score (nSPS) is 15.3. The van der Waals surface area contributed by atoms with Gasteiger partial charge < -0.3 is 14.4 Å². The van der Waals surface area contributed by atoms with Gasteiger partial charge in [-0.25, -0.2) is 8.42 Å². The Labute approximate surface area is 191 Å². The first-order valence-electron chi connectivity index (χ1n) is 9.40. The van der Waals surface area contributed by atoms with Crippen LogP contribution < -0.4 is 9.47 Å². The summed E-state index contributed by atoms with van der Waals surface area (Å²) in [7, 11) is -0.698. The molecule has 31 heavy (non-hydrogen) atoms. The zero-order valence-electron chi connectivity index (χ0n) is 17.0. The topological polar surface area (TPSA) is 76.2 Å². The third-order valence-electron chi connectivity index (χ3n) is 4.91. The number of carbonyl (C=O) groups is 1. The van der Waals surface area contributed by atoms with E-state index in [1.54, 1.807) is 43.4 Å². The number of benzene rings is 2. The average Bonchev–Trinajstić information content (AvgIpc) is 2.78. The highest BCUT2D eigenvalue weighted by Crippen LogP contribution is 2.29. The molecule has 2 aromatic carbocycles. The molecule has 0 N–H and O–H groups in total. The van der Waals surface area contributed by atoms with Crippen LogP contribution in [0.15, 0.2) is 47.4 Å². The van der Waals surface area contributed by atoms with Gasteiger partial charge in [-0.05, 0) is 36.4 Å². The van der Waals surface area contributed by atoms with E-state index in [1.165, 1.54) is 28.6 Å². The Kier molecular flexibility index (Phi) is 7.48. The van der Waals surface area contributed by atoms with Gasteiger partial charge in [-0.3, -0.25) is 4.79 Å². The summed E-state index contributed by atoms with van der Waals surface area (Å²) in [5.74, 6) is 1.02. The second-order valence-electron chi connectivity index (χ2n) is 6.75. The van der Waals surface area contributed by atoms with Crippen molar-refractivity contribution in [1.29, 1.82) is 0 Å². The maximum atomic E-state index is 12.9. The van der Waals surface area contributed by atoms with E-state index in [0.29, 0.717) is 11.5 Å². The lowest BCUT2D eigenvalue weighted by Gasteiger charge is -2.33. The number of methoxy groups -OCH3 is 2. The van der Waals surface area contributed by atoms with E-state index in [9.17, 15) is 13.2 Å². The van der Waals surface area contributed by atoms with E-state index in [0.717, 1.165) is 5.56 Å². The quantitative estimate of drug-likeness (QED) is 0.585. The molecule has 1 fully saturated rings. The standard InChI is InChI=1S/C21H22Cl2N2O5S/c1-29-17-6-3-15(19(14-17)30-2)4-8-21(26)24-9-11-25(12-10-24)31(27,28)20-13-16(22)5-7-18(20)23/h3-8,13-14H,9-12H2,1-2H3/b8-4-. The number of sulfonamides is 1. The van der Waals surface area contributed by atoms with Crippen LogP contribution in [0.5, 0.6) is 11.5 Å². The third kappa shape index (κ3) is 5.33. The van der Waals surface area contributed by atoms with Gasteiger partial charge in [-0.1, -0.05) is 23.2 Å². The zero-order valence-corrected chi connectivity index (χ0v) is 19.4. The van der Waals surface area contributed by atoms with Crippen molar-refractivity contribution in [2.75, 3.05) is 40.4 Å². The number of rotatable bonds is 6. The number of hydrogen-bond acceptors (Lipinski definition) is 5. The minimum atomic E-state index is -3.80. The van der Waals surface area contributed by atoms with Crippen LogP contribution in [0.4, 0.5) is 0 Å². The number of hydrogen-bond donors (Lipinski definition) is 0. The van der Waals surface area contributed by atoms with E-state index in [2.05, 4.69) is 0 Å². The Morgan fingerprint density at radius 2 is 1.71 bits per heavy atom. The SMILES string of the molecule is COc1ccc(/C=C\C(=O)N2CCN(S(=O)(=O)c3cc(Cl)ccc3Cl)CC2)c(OC)c1. The first kappa shape index (κ1) is 23.4. The predicted molar refractivity (Wildman–Crippen MR) is 120 cm³/mol. The fraction of sp³-hybridized carbons (Fsp3) is 0.286. The first-order valence-corrected chi connectivity index (χ1v) is 11.6. The van der Waals surface area contributed by atoms with Gasteiger partial charge in [0.25, 0.3) is 0 Å². The van der Waals surface area contributed by atoms with Crippen molar-refractivity contribution in [3.05, 3.63) is 58.1 Å². The molecule has 3 rings (SSSR count). The fourth-order valence-corrected chi connectivity index (χ4v) is 5.34. The second kappa shape index (κ2) is 9.91. The van der Waals surface area contributed by atoms with Gasteiger partial charge in [0.15, 0.2) is 0 Å². The van der Waals surface area contributed by atoms with Crippen molar-refractivity contribution < 1.29 is 22.7 Å². The summed E-state index contributed by atoms with van der Waals surface area (Å²) in [5, 5.41) is 0.398. The van der Waals surface area contributed by atoms with Crippen LogP contribution in [0.25, 0.3) is 6.08 Å². The van der Waals surface area contributed by atoms with Crippen LogP contribution in [-0.2, 0) is 14.8 Å². The molecule has 0 bridgehead atoms. The van der Waals surface area contributed by atoms with Crippen molar-refractivity contribution >= 4 is 45.2 Å². The third-order valence-corrected chi connectivity index (χ3v) is 7.52. The molecule has 7 nitrogen and oxygen atoms in total. The number of ether oxygens (including phenoxy) is 2. The lowest BCUT2D eigenvalue weighted by Crippen LogP contribution is -2.50. The van der Waals surface area contributed by atoms with E-state index in [1.807, 2.05) is 0 Å². The van der Waals surface area contributed by atoms with Crippen LogP contribution in [0.1, 0.15) is 5.56 Å². The summed E-state index contributed by atoms with van der Waals surface area (Å²) < 4.78 is 37.6. The summed E-state index contributed by atoms with van der Waals surface area (Å²) in [6.07, 6.45) is 3.11. The Morgan fingerprint density at radius 3 is 2.35 bits per heavy atom. The Morgan fingerprint density at radius 1 is 1.00 bits per heavy atom. The van der Waals surface area contributed by atoms with Gasteiger partial charge in [0.05, 0.1) is 19.2 Å². The summed E-state index contributed by atoms with van der Waals surface area (Å²) in [6.45, 7) is 0.855. The molecule has 2 aromatic rings. The molecule has 1 aliphatic heterocycles. The Hall–Kier alpha value is -2.26. The first-order chi connectivity index (χ1) is 14.8. The molecule has 1 heterocycles. The molecule has 1 aliphatic rings. The predicted octanol–water partition coefficient (Wildman–Crippen LogP) is 3.56. The minimum Gasteiger partial charge on any atom is -0.497 e. The van der Waals surface area contributed by atoms with Crippen LogP contribution >= 0.6 is 23.2 Å². The van der Waals surface area contributed by atoms with E-state index >= 15 is 0 Å². The molecule has 1 amide bonds. The lowest BCUT2D eigenvalue weighted by molar-refractivity contribution is -0.127. The summed E-state index contributed by atoms with van der Waals surface area (Å²) >= 11 is 12.0. The van der Waals surface area contributed by atoms with Gasteiger partial charge in [0, 0.05) is 48.9 Å². The average molecular weight is 485 g/mol. The van der Waals surface area contributed by atoms with Crippen molar-refractivity contribution in [2.24, 2.45) is 0 Å². The lowest BCUT2D eigenvalue weighted by atomic mass is 10.1. The largest absolute Gasteiger partial charge is 0.497 e.